The molecule has 1 heterocycles. The minimum absolute atomic E-state index is 0.0305. The average Bonchev–Trinajstić information content (AvgIpc) is 3.05. The van der Waals surface area contributed by atoms with E-state index in [0.29, 0.717) is 6.42 Å². The first-order chi connectivity index (χ1) is 15.9. The van der Waals surface area contributed by atoms with E-state index < -0.39 is 21.5 Å². The number of esters is 1. The average molecular weight is 495 g/mol. The zero-order chi connectivity index (χ0) is 25.5. The Balaban J connectivity index is 2.16. The second kappa shape index (κ2) is 11.5. The van der Waals surface area contributed by atoms with E-state index in [0.717, 1.165) is 17.4 Å². The highest BCUT2D eigenvalue weighted by molar-refractivity contribution is 7.90. The number of amides is 1. The lowest BCUT2D eigenvalue weighted by Gasteiger charge is -2.23. The number of carbonyl (C=O) groups excluding carboxylic acids is 2. The van der Waals surface area contributed by atoms with Gasteiger partial charge in [0.25, 0.3) is 0 Å². The van der Waals surface area contributed by atoms with Crippen molar-refractivity contribution in [3.63, 3.8) is 0 Å². The molecule has 13 heteroatoms. The maximum Gasteiger partial charge on any atom is 0.327 e. The van der Waals surface area contributed by atoms with Crippen molar-refractivity contribution >= 4 is 33.4 Å². The van der Waals surface area contributed by atoms with Gasteiger partial charge in [0, 0.05) is 32.3 Å². The SMILES string of the molecule is COC(=O)Cc1cccc(CN(CCCn2c(N)c(C(=N)N)[nH]c2=O)C(=O)CCS(C)(=O)=O)c1. The largest absolute Gasteiger partial charge is 0.469 e. The van der Waals surface area contributed by atoms with Crippen LogP contribution in [0.1, 0.15) is 29.7 Å². The molecule has 0 atom stereocenters. The first-order valence-electron chi connectivity index (χ1n) is 10.4. The molecule has 2 rings (SSSR count). The van der Waals surface area contributed by atoms with E-state index in [1.54, 1.807) is 24.3 Å². The van der Waals surface area contributed by atoms with Crippen LogP contribution in [0.15, 0.2) is 29.1 Å². The summed E-state index contributed by atoms with van der Waals surface area (Å²) in [5, 5.41) is 7.46. The molecule has 6 N–H and O–H groups in total. The number of nitrogen functional groups attached to an aromatic ring is 2. The molecule has 1 aromatic heterocycles. The van der Waals surface area contributed by atoms with Crippen LogP contribution in [0.25, 0.3) is 0 Å². The second-order valence-electron chi connectivity index (χ2n) is 7.88. The fraction of sp³-hybridized carbons (Fsp3) is 0.429. The maximum atomic E-state index is 12.8. The lowest BCUT2D eigenvalue weighted by atomic mass is 10.1. The number of aromatic amines is 1. The Morgan fingerprint density at radius 2 is 1.94 bits per heavy atom. The van der Waals surface area contributed by atoms with Gasteiger partial charge in [-0.25, -0.2) is 13.2 Å². The van der Waals surface area contributed by atoms with Gasteiger partial charge >= 0.3 is 11.7 Å². The van der Waals surface area contributed by atoms with Crippen molar-refractivity contribution in [3.05, 3.63) is 51.6 Å². The van der Waals surface area contributed by atoms with Gasteiger partial charge < -0.3 is 26.1 Å². The van der Waals surface area contributed by atoms with Gasteiger partial charge in [-0.1, -0.05) is 24.3 Å². The minimum Gasteiger partial charge on any atom is -0.469 e. The summed E-state index contributed by atoms with van der Waals surface area (Å²) in [6.45, 7) is 0.566. The van der Waals surface area contributed by atoms with Crippen molar-refractivity contribution in [3.8, 4) is 0 Å². The van der Waals surface area contributed by atoms with Gasteiger partial charge in [0.05, 0.1) is 19.3 Å². The fourth-order valence-electron chi connectivity index (χ4n) is 3.35. The zero-order valence-corrected chi connectivity index (χ0v) is 20.0. The lowest BCUT2D eigenvalue weighted by molar-refractivity contribution is -0.139. The van der Waals surface area contributed by atoms with Crippen molar-refractivity contribution in [2.24, 2.45) is 5.73 Å². The van der Waals surface area contributed by atoms with E-state index in [4.69, 9.17) is 16.9 Å². The van der Waals surface area contributed by atoms with Crippen molar-refractivity contribution in [1.82, 2.24) is 14.5 Å². The number of rotatable bonds is 12. The van der Waals surface area contributed by atoms with Crippen LogP contribution in [-0.2, 0) is 43.7 Å². The van der Waals surface area contributed by atoms with Gasteiger partial charge in [-0.3, -0.25) is 19.6 Å². The summed E-state index contributed by atoms with van der Waals surface area (Å²) in [7, 11) is -2.02. The van der Waals surface area contributed by atoms with Crippen molar-refractivity contribution in [2.75, 3.05) is 31.4 Å². The number of nitrogens with zero attached hydrogens (tertiary/aromatic N) is 2. The summed E-state index contributed by atoms with van der Waals surface area (Å²) in [6.07, 6.45) is 1.31. The van der Waals surface area contributed by atoms with Crippen LogP contribution in [0.5, 0.6) is 0 Å². The van der Waals surface area contributed by atoms with Crippen LogP contribution in [0.3, 0.4) is 0 Å². The zero-order valence-electron chi connectivity index (χ0n) is 19.2. The number of aromatic nitrogens is 2. The Kier molecular flexibility index (Phi) is 9.01. The molecule has 0 aliphatic rings. The quantitative estimate of drug-likeness (QED) is 0.174. The predicted molar refractivity (Wildman–Crippen MR) is 127 cm³/mol. The molecule has 0 saturated carbocycles. The molecule has 0 aliphatic heterocycles. The maximum absolute atomic E-state index is 12.8. The number of methoxy groups -OCH3 is 1. The third kappa shape index (κ3) is 7.76. The van der Waals surface area contributed by atoms with Crippen molar-refractivity contribution < 1.29 is 22.7 Å². The Bertz CT molecular complexity index is 1220. The standard InChI is InChI=1S/C21H30N6O6S/c1-33-17(29)12-14-5-3-6-15(11-14)13-26(16(28)7-10-34(2,31)32)8-4-9-27-20(24)18(19(22)23)25-21(27)30/h3,5-6,11H,4,7-10,12-13,24H2,1-2H3,(H3,22,23)(H,25,30). The summed E-state index contributed by atoms with van der Waals surface area (Å²) >= 11 is 0. The van der Waals surface area contributed by atoms with E-state index in [1.807, 2.05) is 0 Å². The van der Waals surface area contributed by atoms with E-state index in [9.17, 15) is 22.8 Å². The molecule has 1 aromatic carbocycles. The summed E-state index contributed by atoms with van der Waals surface area (Å²) in [6, 6.07) is 7.10. The van der Waals surface area contributed by atoms with E-state index in [1.165, 1.54) is 16.6 Å². The summed E-state index contributed by atoms with van der Waals surface area (Å²) in [5.41, 5.74) is 12.3. The molecule has 12 nitrogen and oxygen atoms in total. The topological polar surface area (TPSA) is 194 Å². The van der Waals surface area contributed by atoms with Crippen molar-refractivity contribution in [1.29, 1.82) is 5.41 Å². The molecule has 0 spiro atoms. The molecule has 0 bridgehead atoms. The third-order valence-electron chi connectivity index (χ3n) is 5.08. The van der Waals surface area contributed by atoms with Crippen molar-refractivity contribution in [2.45, 2.75) is 32.4 Å². The van der Waals surface area contributed by atoms with Crippen LogP contribution in [-0.4, -0.2) is 66.2 Å². The normalized spacial score (nSPS) is 11.2. The van der Waals surface area contributed by atoms with Crippen LogP contribution in [0, 0.1) is 5.41 Å². The Labute approximate surface area is 197 Å². The van der Waals surface area contributed by atoms with Gasteiger partial charge in [-0.15, -0.1) is 0 Å². The van der Waals surface area contributed by atoms with Crippen LogP contribution in [0.2, 0.25) is 0 Å². The molecular weight excluding hydrogens is 464 g/mol. The van der Waals surface area contributed by atoms with Crippen LogP contribution in [0.4, 0.5) is 5.82 Å². The van der Waals surface area contributed by atoms with E-state index >= 15 is 0 Å². The number of imidazole rings is 1. The molecule has 34 heavy (non-hydrogen) atoms. The number of sulfone groups is 1. The molecule has 0 unspecified atom stereocenters. The lowest BCUT2D eigenvalue weighted by Crippen LogP contribution is -2.33. The number of amidine groups is 1. The summed E-state index contributed by atoms with van der Waals surface area (Å²) in [4.78, 5) is 40.4. The van der Waals surface area contributed by atoms with Gasteiger partial charge in [0.2, 0.25) is 5.91 Å². The summed E-state index contributed by atoms with van der Waals surface area (Å²) in [5.74, 6) is -1.36. The smallest absolute Gasteiger partial charge is 0.327 e. The summed E-state index contributed by atoms with van der Waals surface area (Å²) < 4.78 is 29.0. The predicted octanol–water partition coefficient (Wildman–Crippen LogP) is -0.388. The third-order valence-corrected chi connectivity index (χ3v) is 6.03. The molecule has 0 radical (unpaired) electrons. The number of nitrogens with one attached hydrogen (secondary N) is 2. The number of H-pyrrole nitrogens is 1. The Morgan fingerprint density at radius 1 is 1.26 bits per heavy atom. The number of hydrogen-bond acceptors (Lipinski definition) is 8. The van der Waals surface area contributed by atoms with Gasteiger partial charge in [0.1, 0.15) is 27.2 Å². The number of nitrogens with two attached hydrogens (primary N) is 2. The fourth-order valence-corrected chi connectivity index (χ4v) is 3.90. The van der Waals surface area contributed by atoms with E-state index in [-0.39, 0.29) is 61.5 Å². The number of ether oxygens (including phenoxy) is 1. The number of carbonyl (C=O) groups is 2. The monoisotopic (exact) mass is 494 g/mol. The van der Waals surface area contributed by atoms with Gasteiger partial charge in [-0.2, -0.15) is 0 Å². The molecule has 0 aliphatic carbocycles. The Morgan fingerprint density at radius 3 is 2.53 bits per heavy atom. The highest BCUT2D eigenvalue weighted by Gasteiger charge is 2.18. The van der Waals surface area contributed by atoms with Gasteiger partial charge in [0.15, 0.2) is 0 Å². The molecule has 0 saturated heterocycles. The highest BCUT2D eigenvalue weighted by Crippen LogP contribution is 2.13. The molecule has 1 amide bonds. The number of hydrogen-bond donors (Lipinski definition) is 4. The molecular formula is C21H30N6O6S. The Hall–Kier alpha value is -3.61. The highest BCUT2D eigenvalue weighted by atomic mass is 32.2. The number of benzene rings is 1. The second-order valence-corrected chi connectivity index (χ2v) is 10.1. The number of anilines is 1. The van der Waals surface area contributed by atoms with Gasteiger partial charge in [-0.05, 0) is 17.5 Å². The van der Waals surface area contributed by atoms with Crippen LogP contribution >= 0.6 is 0 Å². The first kappa shape index (κ1) is 26.6. The molecule has 2 aromatic rings. The van der Waals surface area contributed by atoms with E-state index in [2.05, 4.69) is 9.72 Å². The first-order valence-corrected chi connectivity index (χ1v) is 12.5. The minimum atomic E-state index is -3.33. The molecule has 186 valence electrons. The molecule has 0 fully saturated rings. The van der Waals surface area contributed by atoms with Crippen LogP contribution < -0.4 is 17.2 Å².